The van der Waals surface area contributed by atoms with E-state index < -0.39 is 0 Å². The standard InChI is InChI=1S/C16H34N2/c1-5-18(6-2)13-7-8-15(4)17-16-11-9-14(3)10-12-16/h14-17H,5-13H2,1-4H3. The van der Waals surface area contributed by atoms with Crippen LogP contribution >= 0.6 is 0 Å². The second-order valence-corrected chi connectivity index (χ2v) is 6.19. The first kappa shape index (κ1) is 16.0. The molecule has 0 bridgehead atoms. The molecule has 0 heterocycles. The van der Waals surface area contributed by atoms with Gasteiger partial charge in [-0.05, 0) is 71.0 Å². The molecule has 0 saturated heterocycles. The molecule has 1 aliphatic carbocycles. The van der Waals surface area contributed by atoms with Crippen LogP contribution in [0.15, 0.2) is 0 Å². The smallest absolute Gasteiger partial charge is 0.00697 e. The monoisotopic (exact) mass is 254 g/mol. The largest absolute Gasteiger partial charge is 0.312 e. The molecule has 108 valence electrons. The van der Waals surface area contributed by atoms with Crippen LogP contribution in [0.25, 0.3) is 0 Å². The van der Waals surface area contributed by atoms with Gasteiger partial charge in [0.2, 0.25) is 0 Å². The molecule has 0 aromatic carbocycles. The molecular formula is C16H34N2. The van der Waals surface area contributed by atoms with Crippen LogP contribution in [-0.2, 0) is 0 Å². The Kier molecular flexibility index (Phi) is 7.92. The van der Waals surface area contributed by atoms with E-state index in [0.717, 1.165) is 12.0 Å². The maximum atomic E-state index is 3.83. The first-order valence-electron chi connectivity index (χ1n) is 8.14. The highest BCUT2D eigenvalue weighted by Gasteiger charge is 2.19. The number of hydrogen-bond donors (Lipinski definition) is 1. The van der Waals surface area contributed by atoms with E-state index >= 15 is 0 Å². The molecule has 1 unspecified atom stereocenters. The second-order valence-electron chi connectivity index (χ2n) is 6.19. The Morgan fingerprint density at radius 2 is 1.72 bits per heavy atom. The van der Waals surface area contributed by atoms with E-state index in [4.69, 9.17) is 0 Å². The third kappa shape index (κ3) is 6.19. The summed E-state index contributed by atoms with van der Waals surface area (Å²) in [7, 11) is 0. The Balaban J connectivity index is 2.08. The van der Waals surface area contributed by atoms with Crippen molar-refractivity contribution in [3.05, 3.63) is 0 Å². The van der Waals surface area contributed by atoms with Crippen LogP contribution in [0.3, 0.4) is 0 Å². The SMILES string of the molecule is CCN(CC)CCCC(C)NC1CCC(C)CC1. The highest BCUT2D eigenvalue weighted by Crippen LogP contribution is 2.23. The molecule has 1 N–H and O–H groups in total. The lowest BCUT2D eigenvalue weighted by atomic mass is 9.87. The maximum absolute atomic E-state index is 3.83. The molecule has 0 radical (unpaired) electrons. The lowest BCUT2D eigenvalue weighted by Crippen LogP contribution is -2.39. The van der Waals surface area contributed by atoms with Crippen LogP contribution < -0.4 is 5.32 Å². The van der Waals surface area contributed by atoms with Crippen LogP contribution in [-0.4, -0.2) is 36.6 Å². The van der Waals surface area contributed by atoms with Crippen LogP contribution in [0.5, 0.6) is 0 Å². The van der Waals surface area contributed by atoms with Crippen LogP contribution in [0.4, 0.5) is 0 Å². The van der Waals surface area contributed by atoms with Gasteiger partial charge in [-0.15, -0.1) is 0 Å². The van der Waals surface area contributed by atoms with Gasteiger partial charge in [-0.2, -0.15) is 0 Å². The van der Waals surface area contributed by atoms with Gasteiger partial charge in [0.15, 0.2) is 0 Å². The molecule has 0 aromatic heterocycles. The molecule has 0 spiro atoms. The predicted molar refractivity (Wildman–Crippen MR) is 81.0 cm³/mol. The number of rotatable bonds is 8. The maximum Gasteiger partial charge on any atom is 0.00697 e. The fraction of sp³-hybridized carbons (Fsp3) is 1.00. The number of hydrogen-bond acceptors (Lipinski definition) is 2. The highest BCUT2D eigenvalue weighted by molar-refractivity contribution is 4.77. The van der Waals surface area contributed by atoms with E-state index in [2.05, 4.69) is 37.9 Å². The van der Waals surface area contributed by atoms with Gasteiger partial charge in [-0.3, -0.25) is 0 Å². The van der Waals surface area contributed by atoms with E-state index in [1.165, 1.54) is 58.2 Å². The normalized spacial score (nSPS) is 26.5. The Hall–Kier alpha value is -0.0800. The summed E-state index contributed by atoms with van der Waals surface area (Å²) in [6, 6.07) is 1.49. The predicted octanol–water partition coefficient (Wildman–Crippen LogP) is 3.67. The van der Waals surface area contributed by atoms with Crippen molar-refractivity contribution < 1.29 is 0 Å². The molecular weight excluding hydrogens is 220 g/mol. The summed E-state index contributed by atoms with van der Waals surface area (Å²) < 4.78 is 0. The topological polar surface area (TPSA) is 15.3 Å². The van der Waals surface area contributed by atoms with Gasteiger partial charge in [-0.1, -0.05) is 20.8 Å². The summed E-state index contributed by atoms with van der Waals surface area (Å²) in [5.74, 6) is 0.959. The molecule has 18 heavy (non-hydrogen) atoms. The molecule has 1 fully saturated rings. The first-order valence-corrected chi connectivity index (χ1v) is 8.14. The molecule has 0 amide bonds. The number of nitrogens with one attached hydrogen (secondary N) is 1. The summed E-state index contributed by atoms with van der Waals surface area (Å²) in [5, 5.41) is 3.83. The van der Waals surface area contributed by atoms with Gasteiger partial charge >= 0.3 is 0 Å². The Labute approximate surface area is 115 Å². The Bertz CT molecular complexity index is 193. The molecule has 1 aliphatic rings. The van der Waals surface area contributed by atoms with Crippen molar-refractivity contribution in [1.82, 2.24) is 10.2 Å². The molecule has 1 rings (SSSR count). The Morgan fingerprint density at radius 3 is 2.28 bits per heavy atom. The molecule has 2 nitrogen and oxygen atoms in total. The molecule has 2 heteroatoms. The third-order valence-electron chi connectivity index (χ3n) is 4.54. The lowest BCUT2D eigenvalue weighted by molar-refractivity contribution is 0.267. The lowest BCUT2D eigenvalue weighted by Gasteiger charge is -2.30. The molecule has 1 atom stereocenters. The van der Waals surface area contributed by atoms with Crippen molar-refractivity contribution in [1.29, 1.82) is 0 Å². The zero-order valence-electron chi connectivity index (χ0n) is 13.0. The van der Waals surface area contributed by atoms with E-state index in [1.807, 2.05) is 0 Å². The minimum absolute atomic E-state index is 0.693. The second kappa shape index (κ2) is 8.92. The highest BCUT2D eigenvalue weighted by atomic mass is 15.1. The van der Waals surface area contributed by atoms with Gasteiger partial charge in [0, 0.05) is 12.1 Å². The minimum Gasteiger partial charge on any atom is -0.312 e. The van der Waals surface area contributed by atoms with Gasteiger partial charge in [-0.25, -0.2) is 0 Å². The average molecular weight is 254 g/mol. The quantitative estimate of drug-likeness (QED) is 0.711. The van der Waals surface area contributed by atoms with Gasteiger partial charge in [0.1, 0.15) is 0 Å². The number of nitrogens with zero attached hydrogens (tertiary/aromatic N) is 1. The van der Waals surface area contributed by atoms with Crippen molar-refractivity contribution >= 4 is 0 Å². The van der Waals surface area contributed by atoms with Crippen molar-refractivity contribution in [3.63, 3.8) is 0 Å². The molecule has 1 saturated carbocycles. The van der Waals surface area contributed by atoms with Gasteiger partial charge in [0.25, 0.3) is 0 Å². The summed E-state index contributed by atoms with van der Waals surface area (Å²) in [4.78, 5) is 2.52. The summed E-state index contributed by atoms with van der Waals surface area (Å²) in [6.45, 7) is 12.9. The van der Waals surface area contributed by atoms with Crippen molar-refractivity contribution in [3.8, 4) is 0 Å². The minimum atomic E-state index is 0.693. The van der Waals surface area contributed by atoms with E-state index in [9.17, 15) is 0 Å². The third-order valence-corrected chi connectivity index (χ3v) is 4.54. The Morgan fingerprint density at radius 1 is 1.11 bits per heavy atom. The zero-order valence-corrected chi connectivity index (χ0v) is 13.0. The van der Waals surface area contributed by atoms with Gasteiger partial charge < -0.3 is 10.2 Å². The van der Waals surface area contributed by atoms with Gasteiger partial charge in [0.05, 0.1) is 0 Å². The van der Waals surface area contributed by atoms with E-state index in [0.29, 0.717) is 6.04 Å². The van der Waals surface area contributed by atoms with Crippen LogP contribution in [0, 0.1) is 5.92 Å². The molecule has 0 aliphatic heterocycles. The van der Waals surface area contributed by atoms with E-state index in [1.54, 1.807) is 0 Å². The van der Waals surface area contributed by atoms with Crippen LogP contribution in [0.2, 0.25) is 0 Å². The fourth-order valence-electron chi connectivity index (χ4n) is 3.07. The summed E-state index contributed by atoms with van der Waals surface area (Å²) in [5.41, 5.74) is 0. The van der Waals surface area contributed by atoms with Crippen molar-refractivity contribution in [2.45, 2.75) is 78.3 Å². The fourth-order valence-corrected chi connectivity index (χ4v) is 3.07. The summed E-state index contributed by atoms with van der Waals surface area (Å²) in [6.07, 6.45) is 8.28. The van der Waals surface area contributed by atoms with Crippen LogP contribution in [0.1, 0.15) is 66.2 Å². The van der Waals surface area contributed by atoms with E-state index in [-0.39, 0.29) is 0 Å². The first-order chi connectivity index (χ1) is 8.65. The summed E-state index contributed by atoms with van der Waals surface area (Å²) >= 11 is 0. The average Bonchev–Trinajstić information content (AvgIpc) is 2.37. The van der Waals surface area contributed by atoms with Crippen molar-refractivity contribution in [2.75, 3.05) is 19.6 Å². The zero-order chi connectivity index (χ0) is 13.4. The van der Waals surface area contributed by atoms with Crippen molar-refractivity contribution in [2.24, 2.45) is 5.92 Å². The molecule has 0 aromatic rings.